The molecule has 0 aliphatic carbocycles. The quantitative estimate of drug-likeness (QED) is 0.441. The maximum Gasteiger partial charge on any atom is 0.295 e. The van der Waals surface area contributed by atoms with E-state index in [-0.39, 0.29) is 22.6 Å². The maximum absolute atomic E-state index is 12.9. The first-order valence-electron chi connectivity index (χ1n) is 9.23. The molecule has 2 N–H and O–H groups in total. The molecule has 1 atom stereocenters. The number of carbonyl (C=O) groups excluding carboxylic acids is 2. The first kappa shape index (κ1) is 20.3. The second-order valence-corrected chi connectivity index (χ2v) is 6.62. The van der Waals surface area contributed by atoms with Gasteiger partial charge in [-0.05, 0) is 36.2 Å². The lowest BCUT2D eigenvalue weighted by molar-refractivity contribution is -0.139. The van der Waals surface area contributed by atoms with Crippen LogP contribution in [0.2, 0.25) is 0 Å². The van der Waals surface area contributed by atoms with Gasteiger partial charge in [0.1, 0.15) is 28.6 Å². The summed E-state index contributed by atoms with van der Waals surface area (Å²) < 4.78 is 10.7. The van der Waals surface area contributed by atoms with Crippen LogP contribution in [0.25, 0.3) is 5.76 Å². The number of amides is 1. The Morgan fingerprint density at radius 2 is 1.62 bits per heavy atom. The lowest BCUT2D eigenvalue weighted by atomic mass is 9.94. The Hall–Kier alpha value is -3.48. The Labute approximate surface area is 168 Å². The smallest absolute Gasteiger partial charge is 0.295 e. The predicted molar refractivity (Wildman–Crippen MR) is 107 cm³/mol. The van der Waals surface area contributed by atoms with Gasteiger partial charge in [-0.2, -0.15) is 0 Å². The normalized spacial score (nSPS) is 18.2. The highest BCUT2D eigenvalue weighted by Gasteiger charge is 2.46. The van der Waals surface area contributed by atoms with Crippen LogP contribution in [0.15, 0.2) is 48.0 Å². The summed E-state index contributed by atoms with van der Waals surface area (Å²) in [5.41, 5.74) is 0.763. The van der Waals surface area contributed by atoms with Crippen LogP contribution in [0.1, 0.15) is 30.5 Å². The molecule has 2 aromatic rings. The van der Waals surface area contributed by atoms with E-state index in [1.54, 1.807) is 30.3 Å². The fourth-order valence-electron chi connectivity index (χ4n) is 3.57. The van der Waals surface area contributed by atoms with E-state index >= 15 is 0 Å². The number of phenolic OH excluding ortho intramolecular Hbond substituents is 1. The number of rotatable bonds is 6. The maximum atomic E-state index is 12.9. The SMILES string of the molecule is CCCN1C(=O)C(=O)/C(=C(/O)c2c(OC)cccc2OC)C1c1ccc(O)cc1. The molecule has 1 unspecified atom stereocenters. The highest BCUT2D eigenvalue weighted by atomic mass is 16.5. The minimum Gasteiger partial charge on any atom is -0.508 e. The predicted octanol–water partition coefficient (Wildman–Crippen LogP) is 3.24. The fraction of sp³-hybridized carbons (Fsp3) is 0.273. The number of likely N-dealkylation sites (tertiary alicyclic amines) is 1. The zero-order valence-corrected chi connectivity index (χ0v) is 16.5. The Kier molecular flexibility index (Phi) is 5.77. The van der Waals surface area contributed by atoms with Gasteiger partial charge in [0.25, 0.3) is 11.7 Å². The van der Waals surface area contributed by atoms with Crippen LogP contribution in [0.4, 0.5) is 0 Å². The van der Waals surface area contributed by atoms with E-state index in [1.807, 2.05) is 6.92 Å². The highest BCUT2D eigenvalue weighted by molar-refractivity contribution is 6.46. The molecule has 0 saturated carbocycles. The number of hydrogen-bond donors (Lipinski definition) is 2. The van der Waals surface area contributed by atoms with Crippen molar-refractivity contribution in [2.75, 3.05) is 20.8 Å². The van der Waals surface area contributed by atoms with Gasteiger partial charge in [0.05, 0.1) is 25.8 Å². The summed E-state index contributed by atoms with van der Waals surface area (Å²) in [4.78, 5) is 27.1. The van der Waals surface area contributed by atoms with Crippen molar-refractivity contribution in [1.29, 1.82) is 0 Å². The van der Waals surface area contributed by atoms with Crippen LogP contribution in [0.5, 0.6) is 17.2 Å². The van der Waals surface area contributed by atoms with E-state index in [2.05, 4.69) is 0 Å². The van der Waals surface area contributed by atoms with Gasteiger partial charge < -0.3 is 24.6 Å². The molecular formula is C22H23NO6. The molecule has 152 valence electrons. The van der Waals surface area contributed by atoms with Gasteiger partial charge in [-0.3, -0.25) is 9.59 Å². The number of aliphatic hydroxyl groups excluding tert-OH is 1. The number of ketones is 1. The minimum absolute atomic E-state index is 0.0445. The van der Waals surface area contributed by atoms with Crippen molar-refractivity contribution in [2.24, 2.45) is 0 Å². The molecule has 0 bridgehead atoms. The molecule has 2 aromatic carbocycles. The lowest BCUT2D eigenvalue weighted by Crippen LogP contribution is -2.30. The molecule has 1 amide bonds. The van der Waals surface area contributed by atoms with E-state index in [0.717, 1.165) is 0 Å². The average molecular weight is 397 g/mol. The third-order valence-electron chi connectivity index (χ3n) is 4.88. The number of ether oxygens (including phenoxy) is 2. The molecule has 0 spiro atoms. The first-order valence-corrected chi connectivity index (χ1v) is 9.23. The highest BCUT2D eigenvalue weighted by Crippen LogP contribution is 2.43. The molecule has 3 rings (SSSR count). The van der Waals surface area contributed by atoms with Gasteiger partial charge in [-0.15, -0.1) is 0 Å². The monoisotopic (exact) mass is 397 g/mol. The molecule has 1 saturated heterocycles. The Balaban J connectivity index is 2.28. The van der Waals surface area contributed by atoms with Crippen molar-refractivity contribution in [3.63, 3.8) is 0 Å². The van der Waals surface area contributed by atoms with Gasteiger partial charge in [-0.25, -0.2) is 0 Å². The van der Waals surface area contributed by atoms with Gasteiger partial charge in [-0.1, -0.05) is 25.1 Å². The van der Waals surface area contributed by atoms with Gasteiger partial charge >= 0.3 is 0 Å². The second-order valence-electron chi connectivity index (χ2n) is 6.62. The third-order valence-corrected chi connectivity index (χ3v) is 4.88. The zero-order valence-electron chi connectivity index (χ0n) is 16.5. The van der Waals surface area contributed by atoms with Gasteiger partial charge in [0.15, 0.2) is 0 Å². The fourth-order valence-corrected chi connectivity index (χ4v) is 3.57. The largest absolute Gasteiger partial charge is 0.508 e. The van der Waals surface area contributed by atoms with Crippen molar-refractivity contribution in [2.45, 2.75) is 19.4 Å². The van der Waals surface area contributed by atoms with E-state index in [4.69, 9.17) is 9.47 Å². The number of hydrogen-bond acceptors (Lipinski definition) is 6. The molecule has 1 aliphatic rings. The molecule has 0 radical (unpaired) electrons. The molecule has 1 aliphatic heterocycles. The van der Waals surface area contributed by atoms with Crippen LogP contribution in [0.3, 0.4) is 0 Å². The van der Waals surface area contributed by atoms with Crippen LogP contribution in [-0.2, 0) is 9.59 Å². The number of phenols is 1. The van der Waals surface area contributed by atoms with Crippen LogP contribution in [-0.4, -0.2) is 47.6 Å². The first-order chi connectivity index (χ1) is 13.9. The molecule has 29 heavy (non-hydrogen) atoms. The summed E-state index contributed by atoms with van der Waals surface area (Å²) in [6.45, 7) is 2.24. The van der Waals surface area contributed by atoms with Crippen LogP contribution in [0, 0.1) is 0 Å². The van der Waals surface area contributed by atoms with E-state index < -0.39 is 17.7 Å². The van der Waals surface area contributed by atoms with Crippen molar-refractivity contribution >= 4 is 17.4 Å². The zero-order chi connectivity index (χ0) is 21.1. The van der Waals surface area contributed by atoms with Gasteiger partial charge in [0.2, 0.25) is 0 Å². The van der Waals surface area contributed by atoms with E-state index in [9.17, 15) is 19.8 Å². The number of aromatic hydroxyl groups is 1. The number of carbonyl (C=O) groups is 2. The Morgan fingerprint density at radius 1 is 1.03 bits per heavy atom. The number of benzene rings is 2. The van der Waals surface area contributed by atoms with Crippen molar-refractivity contribution in [3.8, 4) is 17.2 Å². The number of aliphatic hydroxyl groups is 1. The standard InChI is InChI=1S/C22H23NO6/c1-4-12-23-19(13-8-10-14(24)11-9-13)18(21(26)22(23)27)20(25)17-15(28-2)6-5-7-16(17)29-3/h5-11,19,24-25H,4,12H2,1-3H3/b20-18+. The topological polar surface area (TPSA) is 96.3 Å². The third kappa shape index (κ3) is 3.51. The summed E-state index contributed by atoms with van der Waals surface area (Å²) in [6, 6.07) is 10.4. The average Bonchev–Trinajstić information content (AvgIpc) is 2.98. The van der Waals surface area contributed by atoms with Crippen LogP contribution >= 0.6 is 0 Å². The van der Waals surface area contributed by atoms with Crippen molar-refractivity contribution in [1.82, 2.24) is 4.90 Å². The van der Waals surface area contributed by atoms with E-state index in [0.29, 0.717) is 30.0 Å². The minimum atomic E-state index is -0.787. The summed E-state index contributed by atoms with van der Waals surface area (Å²) in [6.07, 6.45) is 0.639. The molecule has 1 fully saturated rings. The second kappa shape index (κ2) is 8.26. The van der Waals surface area contributed by atoms with Gasteiger partial charge in [0, 0.05) is 6.54 Å². The van der Waals surface area contributed by atoms with Crippen molar-refractivity contribution in [3.05, 3.63) is 59.2 Å². The van der Waals surface area contributed by atoms with Crippen LogP contribution < -0.4 is 9.47 Å². The summed E-state index contributed by atoms with van der Waals surface area (Å²) in [7, 11) is 2.89. The summed E-state index contributed by atoms with van der Waals surface area (Å²) in [5.74, 6) is -1.13. The summed E-state index contributed by atoms with van der Waals surface area (Å²) >= 11 is 0. The molecule has 1 heterocycles. The summed E-state index contributed by atoms with van der Waals surface area (Å²) in [5, 5.41) is 20.8. The molecule has 7 nitrogen and oxygen atoms in total. The Morgan fingerprint density at radius 3 is 2.14 bits per heavy atom. The molecular weight excluding hydrogens is 374 g/mol. The van der Waals surface area contributed by atoms with Crippen molar-refractivity contribution < 1.29 is 29.3 Å². The molecule has 0 aromatic heterocycles. The molecule has 7 heteroatoms. The van der Waals surface area contributed by atoms with E-state index in [1.165, 1.54) is 31.3 Å². The Bertz CT molecular complexity index is 942. The number of nitrogens with zero attached hydrogens (tertiary/aromatic N) is 1. The number of Topliss-reactive ketones (excluding diaryl/α,β-unsaturated/α-hetero) is 1. The number of methoxy groups -OCH3 is 2. The lowest BCUT2D eigenvalue weighted by Gasteiger charge is -2.25.